The third kappa shape index (κ3) is 9.25. The van der Waals surface area contributed by atoms with Gasteiger partial charge < -0.3 is 29.4 Å². The predicted octanol–water partition coefficient (Wildman–Crippen LogP) is 1.34. The van der Waals surface area contributed by atoms with Crippen molar-refractivity contribution in [2.75, 3.05) is 65.7 Å². The van der Waals surface area contributed by atoms with Crippen molar-refractivity contribution in [1.82, 2.24) is 0 Å². The Hall–Kier alpha value is -1.34. The van der Waals surface area contributed by atoms with Crippen molar-refractivity contribution < 1.29 is 23.7 Å². The second kappa shape index (κ2) is 12.4. The highest BCUT2D eigenvalue weighted by Crippen LogP contribution is 2.19. The van der Waals surface area contributed by atoms with Crippen molar-refractivity contribution >= 4 is 5.69 Å². The number of ether oxygens (including phenoxy) is 5. The minimum Gasteiger partial charge on any atom is -0.489 e. The van der Waals surface area contributed by atoms with Crippen molar-refractivity contribution in [3.63, 3.8) is 0 Å². The number of nitrogens with two attached hydrogens (primary N) is 1. The second-order valence-electron chi connectivity index (χ2n) is 4.22. The summed E-state index contributed by atoms with van der Waals surface area (Å²) in [5.74, 6) is 0.686. The Kier molecular flexibility index (Phi) is 10.5. The van der Waals surface area contributed by atoms with Crippen molar-refractivity contribution in [2.24, 2.45) is 0 Å². The van der Waals surface area contributed by atoms with E-state index < -0.39 is 0 Å². The lowest BCUT2D eigenvalue weighted by Gasteiger charge is -2.09. The van der Waals surface area contributed by atoms with Gasteiger partial charge in [0.15, 0.2) is 0 Å². The van der Waals surface area contributed by atoms with Gasteiger partial charge in [0, 0.05) is 7.11 Å². The average molecular weight is 299 g/mol. The molecule has 1 aromatic rings. The molecule has 0 heterocycles. The van der Waals surface area contributed by atoms with Gasteiger partial charge in [0.25, 0.3) is 0 Å². The number of para-hydroxylation sites is 2. The maximum absolute atomic E-state index is 5.75. The van der Waals surface area contributed by atoms with Crippen molar-refractivity contribution in [2.45, 2.75) is 0 Å². The maximum atomic E-state index is 5.75. The molecule has 0 aliphatic heterocycles. The summed E-state index contributed by atoms with van der Waals surface area (Å²) >= 11 is 0. The van der Waals surface area contributed by atoms with Gasteiger partial charge in [0.1, 0.15) is 12.4 Å². The summed E-state index contributed by atoms with van der Waals surface area (Å²) in [6.45, 7) is 4.37. The molecule has 0 aliphatic carbocycles. The summed E-state index contributed by atoms with van der Waals surface area (Å²) in [6, 6.07) is 7.39. The number of methoxy groups -OCH3 is 1. The van der Waals surface area contributed by atoms with Gasteiger partial charge in [-0.05, 0) is 12.1 Å². The van der Waals surface area contributed by atoms with E-state index in [1.165, 1.54) is 0 Å². The molecule has 6 nitrogen and oxygen atoms in total. The molecular formula is C15H25NO5. The van der Waals surface area contributed by atoms with Gasteiger partial charge in [-0.3, -0.25) is 0 Å². The van der Waals surface area contributed by atoms with Crippen LogP contribution in [0.25, 0.3) is 0 Å². The molecule has 0 atom stereocenters. The zero-order valence-electron chi connectivity index (χ0n) is 12.6. The second-order valence-corrected chi connectivity index (χ2v) is 4.22. The molecule has 0 saturated carbocycles. The summed E-state index contributed by atoms with van der Waals surface area (Å²) in [7, 11) is 1.65. The van der Waals surface area contributed by atoms with Gasteiger partial charge in [-0.15, -0.1) is 0 Å². The Bertz CT molecular complexity index is 362. The highest BCUT2D eigenvalue weighted by Gasteiger charge is 1.98. The SMILES string of the molecule is COCCOCCOCCOCCOc1ccccc1N. The van der Waals surface area contributed by atoms with E-state index in [1.54, 1.807) is 13.2 Å². The lowest BCUT2D eigenvalue weighted by molar-refractivity contribution is 0.000191. The minimum absolute atomic E-state index is 0.467. The number of nitrogen functional groups attached to an aromatic ring is 1. The van der Waals surface area contributed by atoms with Crippen LogP contribution in [-0.2, 0) is 18.9 Å². The Morgan fingerprint density at radius 2 is 1.29 bits per heavy atom. The lowest BCUT2D eigenvalue weighted by atomic mass is 10.3. The first-order chi connectivity index (χ1) is 10.3. The van der Waals surface area contributed by atoms with E-state index in [4.69, 9.17) is 29.4 Å². The lowest BCUT2D eigenvalue weighted by Crippen LogP contribution is -2.13. The van der Waals surface area contributed by atoms with Gasteiger partial charge in [-0.1, -0.05) is 12.1 Å². The number of rotatable bonds is 13. The van der Waals surface area contributed by atoms with E-state index in [0.29, 0.717) is 64.3 Å². The Morgan fingerprint density at radius 3 is 1.86 bits per heavy atom. The first-order valence-corrected chi connectivity index (χ1v) is 7.04. The monoisotopic (exact) mass is 299 g/mol. The molecule has 21 heavy (non-hydrogen) atoms. The van der Waals surface area contributed by atoms with Crippen molar-refractivity contribution in [1.29, 1.82) is 0 Å². The van der Waals surface area contributed by atoms with Crippen LogP contribution >= 0.6 is 0 Å². The maximum Gasteiger partial charge on any atom is 0.142 e. The van der Waals surface area contributed by atoms with Gasteiger partial charge in [-0.2, -0.15) is 0 Å². The third-order valence-electron chi connectivity index (χ3n) is 2.58. The van der Waals surface area contributed by atoms with E-state index in [1.807, 2.05) is 18.2 Å². The summed E-state index contributed by atoms with van der Waals surface area (Å²) in [4.78, 5) is 0. The highest BCUT2D eigenvalue weighted by molar-refractivity contribution is 5.51. The smallest absolute Gasteiger partial charge is 0.142 e. The van der Waals surface area contributed by atoms with Crippen LogP contribution in [-0.4, -0.2) is 60.0 Å². The Labute approximate surface area is 126 Å². The largest absolute Gasteiger partial charge is 0.489 e. The predicted molar refractivity (Wildman–Crippen MR) is 80.7 cm³/mol. The zero-order chi connectivity index (χ0) is 15.2. The van der Waals surface area contributed by atoms with Gasteiger partial charge >= 0.3 is 0 Å². The normalized spacial score (nSPS) is 10.7. The zero-order valence-corrected chi connectivity index (χ0v) is 12.6. The Balaban J connectivity index is 1.84. The van der Waals surface area contributed by atoms with E-state index in [2.05, 4.69) is 0 Å². The molecular weight excluding hydrogens is 274 g/mol. The summed E-state index contributed by atoms with van der Waals surface area (Å²) in [5.41, 5.74) is 6.39. The molecule has 0 bridgehead atoms. The number of hydrogen-bond donors (Lipinski definition) is 1. The fourth-order valence-corrected chi connectivity index (χ4v) is 1.51. The van der Waals surface area contributed by atoms with Crippen LogP contribution < -0.4 is 10.5 Å². The molecule has 0 spiro atoms. The topological polar surface area (TPSA) is 72.2 Å². The van der Waals surface area contributed by atoms with Gasteiger partial charge in [0.05, 0.1) is 51.9 Å². The fourth-order valence-electron chi connectivity index (χ4n) is 1.51. The highest BCUT2D eigenvalue weighted by atomic mass is 16.6. The average Bonchev–Trinajstić information content (AvgIpc) is 2.50. The van der Waals surface area contributed by atoms with Gasteiger partial charge in [0.2, 0.25) is 0 Å². The van der Waals surface area contributed by atoms with Crippen LogP contribution in [0.3, 0.4) is 0 Å². The van der Waals surface area contributed by atoms with Crippen molar-refractivity contribution in [3.8, 4) is 5.75 Å². The molecule has 0 unspecified atom stereocenters. The molecule has 0 aliphatic rings. The van der Waals surface area contributed by atoms with Crippen LogP contribution in [0.1, 0.15) is 0 Å². The molecule has 0 radical (unpaired) electrons. The van der Waals surface area contributed by atoms with Crippen LogP contribution in [0, 0.1) is 0 Å². The van der Waals surface area contributed by atoms with E-state index in [9.17, 15) is 0 Å². The van der Waals surface area contributed by atoms with Crippen LogP contribution in [0.4, 0.5) is 5.69 Å². The first kappa shape index (κ1) is 17.7. The Morgan fingerprint density at radius 1 is 0.762 bits per heavy atom. The molecule has 0 amide bonds. The third-order valence-corrected chi connectivity index (χ3v) is 2.58. The molecule has 1 rings (SSSR count). The minimum atomic E-state index is 0.467. The summed E-state index contributed by atoms with van der Waals surface area (Å²) in [6.07, 6.45) is 0. The molecule has 0 aromatic heterocycles. The quantitative estimate of drug-likeness (QED) is 0.438. The fraction of sp³-hybridized carbons (Fsp3) is 0.600. The number of anilines is 1. The summed E-state index contributed by atoms with van der Waals surface area (Å²) in [5, 5.41) is 0. The van der Waals surface area contributed by atoms with E-state index in [-0.39, 0.29) is 0 Å². The van der Waals surface area contributed by atoms with Gasteiger partial charge in [-0.25, -0.2) is 0 Å². The van der Waals surface area contributed by atoms with Crippen molar-refractivity contribution in [3.05, 3.63) is 24.3 Å². The van der Waals surface area contributed by atoms with E-state index >= 15 is 0 Å². The standard InChI is InChI=1S/C15H25NO5/c1-17-6-7-18-8-9-19-10-11-20-12-13-21-15-5-3-2-4-14(15)16/h2-5H,6-13,16H2,1H3. The number of hydrogen-bond acceptors (Lipinski definition) is 6. The van der Waals surface area contributed by atoms with Crippen LogP contribution in [0.15, 0.2) is 24.3 Å². The molecule has 0 saturated heterocycles. The first-order valence-electron chi connectivity index (χ1n) is 7.04. The number of benzene rings is 1. The van der Waals surface area contributed by atoms with E-state index in [0.717, 1.165) is 0 Å². The molecule has 0 fully saturated rings. The van der Waals surface area contributed by atoms with Crippen LogP contribution in [0.2, 0.25) is 0 Å². The molecule has 2 N–H and O–H groups in total. The van der Waals surface area contributed by atoms with Crippen LogP contribution in [0.5, 0.6) is 5.75 Å². The summed E-state index contributed by atoms with van der Waals surface area (Å²) < 4.78 is 26.3. The molecule has 120 valence electrons. The molecule has 6 heteroatoms. The molecule has 1 aromatic carbocycles.